The number of benzene rings is 1. The van der Waals surface area contributed by atoms with Gasteiger partial charge in [0.2, 0.25) is 0 Å². The number of hydrogen-bond acceptors (Lipinski definition) is 5. The van der Waals surface area contributed by atoms with Crippen LogP contribution in [0.2, 0.25) is 0 Å². The van der Waals surface area contributed by atoms with Gasteiger partial charge in [-0.25, -0.2) is 9.69 Å². The molecular weight excluding hydrogens is 286 g/mol. The molecule has 2 aliphatic heterocycles. The van der Waals surface area contributed by atoms with Crippen LogP contribution in [0.5, 0.6) is 0 Å². The third-order valence-electron chi connectivity index (χ3n) is 3.76. The molecule has 2 heterocycles. The Bertz CT molecular complexity index is 631. The van der Waals surface area contributed by atoms with Crippen molar-refractivity contribution in [3.63, 3.8) is 0 Å². The molecular formula is C16H15NO5. The van der Waals surface area contributed by atoms with Gasteiger partial charge in [0.05, 0.1) is 24.0 Å². The van der Waals surface area contributed by atoms with E-state index in [0.717, 1.165) is 4.90 Å². The molecule has 0 aliphatic carbocycles. The van der Waals surface area contributed by atoms with Crippen molar-refractivity contribution in [2.45, 2.75) is 13.0 Å². The minimum Gasteiger partial charge on any atom is -0.459 e. The second-order valence-corrected chi connectivity index (χ2v) is 5.34. The first-order valence-corrected chi connectivity index (χ1v) is 7.01. The average Bonchev–Trinajstić information content (AvgIpc) is 2.85. The first-order valence-electron chi connectivity index (χ1n) is 7.01. The summed E-state index contributed by atoms with van der Waals surface area (Å²) in [5.41, 5.74) is 0.787. The predicted molar refractivity (Wildman–Crippen MR) is 77.3 cm³/mol. The van der Waals surface area contributed by atoms with Crippen LogP contribution in [0, 0.1) is 5.92 Å². The highest BCUT2D eigenvalue weighted by molar-refractivity contribution is 6.28. The van der Waals surface area contributed by atoms with Gasteiger partial charge >= 0.3 is 5.97 Å². The summed E-state index contributed by atoms with van der Waals surface area (Å²) < 4.78 is 10.5. The Labute approximate surface area is 127 Å². The molecule has 2 amide bonds. The Balaban J connectivity index is 1.62. The highest BCUT2D eigenvalue weighted by Crippen LogP contribution is 2.21. The van der Waals surface area contributed by atoms with Gasteiger partial charge in [-0.2, -0.15) is 0 Å². The number of imide groups is 1. The van der Waals surface area contributed by atoms with Crippen LogP contribution in [0.25, 0.3) is 0 Å². The fourth-order valence-electron chi connectivity index (χ4n) is 2.28. The highest BCUT2D eigenvalue weighted by Gasteiger charge is 2.29. The van der Waals surface area contributed by atoms with Gasteiger partial charge in [0.1, 0.15) is 6.61 Å². The number of amides is 2. The van der Waals surface area contributed by atoms with Crippen LogP contribution in [-0.4, -0.2) is 37.1 Å². The van der Waals surface area contributed by atoms with Gasteiger partial charge in [-0.15, -0.1) is 0 Å². The van der Waals surface area contributed by atoms with E-state index < -0.39 is 17.8 Å². The molecule has 6 heteroatoms. The Morgan fingerprint density at radius 2 is 1.86 bits per heavy atom. The van der Waals surface area contributed by atoms with Crippen molar-refractivity contribution in [2.24, 2.45) is 5.92 Å². The maximum Gasteiger partial charge on any atom is 0.338 e. The summed E-state index contributed by atoms with van der Waals surface area (Å²) >= 11 is 0. The fraction of sp³-hybridized carbons (Fsp3) is 0.312. The summed E-state index contributed by atoms with van der Waals surface area (Å²) in [5.74, 6) is -0.839. The molecule has 0 spiro atoms. The third kappa shape index (κ3) is 2.65. The van der Waals surface area contributed by atoms with Gasteiger partial charge < -0.3 is 9.47 Å². The lowest BCUT2D eigenvalue weighted by Crippen LogP contribution is -2.41. The lowest BCUT2D eigenvalue weighted by molar-refractivity contribution is -0.129. The van der Waals surface area contributed by atoms with Crippen molar-refractivity contribution in [1.29, 1.82) is 0 Å². The van der Waals surface area contributed by atoms with Crippen LogP contribution in [0.4, 0.5) is 5.69 Å². The summed E-state index contributed by atoms with van der Waals surface area (Å²) in [7, 11) is 0. The molecule has 0 radical (unpaired) electrons. The number of ether oxygens (including phenoxy) is 2. The molecule has 1 aromatic rings. The van der Waals surface area contributed by atoms with E-state index in [9.17, 15) is 14.4 Å². The Hall–Kier alpha value is -2.47. The quantitative estimate of drug-likeness (QED) is 0.619. The summed E-state index contributed by atoms with van der Waals surface area (Å²) in [4.78, 5) is 36.1. The smallest absolute Gasteiger partial charge is 0.338 e. The maximum atomic E-state index is 11.9. The first kappa shape index (κ1) is 14.5. The van der Waals surface area contributed by atoms with E-state index in [4.69, 9.17) is 9.47 Å². The molecule has 1 saturated heterocycles. The summed E-state index contributed by atoms with van der Waals surface area (Å²) in [5, 5.41) is 0. The lowest BCUT2D eigenvalue weighted by Gasteiger charge is -2.33. The summed E-state index contributed by atoms with van der Waals surface area (Å²) in [6, 6.07) is 6.15. The van der Waals surface area contributed by atoms with Crippen molar-refractivity contribution in [3.8, 4) is 0 Å². The zero-order valence-electron chi connectivity index (χ0n) is 12.0. The van der Waals surface area contributed by atoms with Crippen molar-refractivity contribution >= 4 is 23.5 Å². The zero-order chi connectivity index (χ0) is 15.7. The second kappa shape index (κ2) is 5.73. The first-order chi connectivity index (χ1) is 10.6. The monoisotopic (exact) mass is 301 g/mol. The van der Waals surface area contributed by atoms with E-state index in [2.05, 4.69) is 0 Å². The number of anilines is 1. The van der Waals surface area contributed by atoms with Crippen molar-refractivity contribution in [2.75, 3.05) is 18.1 Å². The predicted octanol–water partition coefficient (Wildman–Crippen LogP) is 1.31. The fourth-order valence-corrected chi connectivity index (χ4v) is 2.28. The van der Waals surface area contributed by atoms with E-state index in [1.54, 1.807) is 12.1 Å². The van der Waals surface area contributed by atoms with E-state index in [1.165, 1.54) is 24.3 Å². The molecule has 114 valence electrons. The second-order valence-electron chi connectivity index (χ2n) is 5.34. The molecule has 3 rings (SSSR count). The summed E-state index contributed by atoms with van der Waals surface area (Å²) in [6.45, 7) is 2.96. The van der Waals surface area contributed by atoms with Gasteiger partial charge in [0, 0.05) is 18.1 Å². The van der Waals surface area contributed by atoms with Crippen LogP contribution in [0.15, 0.2) is 36.4 Å². The van der Waals surface area contributed by atoms with Crippen LogP contribution >= 0.6 is 0 Å². The molecule has 1 fully saturated rings. The zero-order valence-corrected chi connectivity index (χ0v) is 12.0. The average molecular weight is 301 g/mol. The molecule has 2 aliphatic rings. The van der Waals surface area contributed by atoms with Gasteiger partial charge in [-0.3, -0.25) is 9.59 Å². The van der Waals surface area contributed by atoms with Gasteiger partial charge in [0.25, 0.3) is 11.8 Å². The largest absolute Gasteiger partial charge is 0.459 e. The van der Waals surface area contributed by atoms with Gasteiger partial charge in [-0.1, -0.05) is 6.92 Å². The van der Waals surface area contributed by atoms with Crippen molar-refractivity contribution < 1.29 is 23.9 Å². The van der Waals surface area contributed by atoms with E-state index in [-0.39, 0.29) is 12.7 Å². The molecule has 2 atom stereocenters. The molecule has 22 heavy (non-hydrogen) atoms. The Morgan fingerprint density at radius 3 is 2.36 bits per heavy atom. The number of nitrogens with zero attached hydrogens (tertiary/aromatic N) is 1. The molecule has 0 aromatic heterocycles. The number of carbonyl (C=O) groups is 3. The molecule has 6 nitrogen and oxygen atoms in total. The molecule has 1 aromatic carbocycles. The lowest BCUT2D eigenvalue weighted by atomic mass is 10.0. The number of rotatable bonds is 4. The van der Waals surface area contributed by atoms with Crippen LogP contribution < -0.4 is 4.90 Å². The van der Waals surface area contributed by atoms with Crippen molar-refractivity contribution in [1.82, 2.24) is 0 Å². The minimum absolute atomic E-state index is 0.0332. The molecule has 0 N–H and O–H groups in total. The van der Waals surface area contributed by atoms with Gasteiger partial charge in [-0.05, 0) is 24.3 Å². The van der Waals surface area contributed by atoms with Crippen LogP contribution in [0.1, 0.15) is 17.3 Å². The number of hydrogen-bond donors (Lipinski definition) is 0. The normalized spacial score (nSPS) is 23.6. The van der Waals surface area contributed by atoms with E-state index >= 15 is 0 Å². The summed E-state index contributed by atoms with van der Waals surface area (Å²) in [6.07, 6.45) is 2.39. The topological polar surface area (TPSA) is 72.9 Å². The SMILES string of the molecule is CC1COC1COC(=O)c1ccc(N2C(=O)C=CC2=O)cc1. The van der Waals surface area contributed by atoms with Crippen LogP contribution in [-0.2, 0) is 19.1 Å². The maximum absolute atomic E-state index is 11.9. The molecule has 0 saturated carbocycles. The molecule has 2 unspecified atom stereocenters. The number of esters is 1. The molecule has 0 bridgehead atoms. The van der Waals surface area contributed by atoms with E-state index in [1.807, 2.05) is 6.92 Å². The van der Waals surface area contributed by atoms with E-state index in [0.29, 0.717) is 23.8 Å². The Kier molecular flexibility index (Phi) is 3.77. The standard InChI is InChI=1S/C16H15NO5/c1-10-8-21-13(10)9-22-16(20)11-2-4-12(5-3-11)17-14(18)6-7-15(17)19/h2-7,10,13H,8-9H2,1H3. The highest BCUT2D eigenvalue weighted by atomic mass is 16.6. The van der Waals surface area contributed by atoms with Crippen molar-refractivity contribution in [3.05, 3.63) is 42.0 Å². The minimum atomic E-state index is -0.452. The van der Waals surface area contributed by atoms with Crippen LogP contribution in [0.3, 0.4) is 0 Å². The Morgan fingerprint density at radius 1 is 1.23 bits per heavy atom. The van der Waals surface area contributed by atoms with Gasteiger partial charge in [0.15, 0.2) is 0 Å². The number of carbonyl (C=O) groups excluding carboxylic acids is 3. The third-order valence-corrected chi connectivity index (χ3v) is 3.76.